The molecule has 2 rings (SSSR count). The Bertz CT molecular complexity index is 365. The third-order valence-corrected chi connectivity index (χ3v) is 6.96. The number of rotatable bonds is 4. The first-order valence-corrected chi connectivity index (χ1v) is 9.70. The Morgan fingerprint density at radius 1 is 1.16 bits per heavy atom. The number of likely N-dealkylation sites (N-methyl/N-ethyl adjacent to an activating group) is 1. The number of nitrogens with zero attached hydrogens (tertiary/aromatic N) is 2. The van der Waals surface area contributed by atoms with Crippen molar-refractivity contribution in [3.63, 3.8) is 0 Å². The molecule has 2 saturated heterocycles. The topological polar surface area (TPSA) is 52.7 Å². The van der Waals surface area contributed by atoms with Gasteiger partial charge in [-0.05, 0) is 32.1 Å². The highest BCUT2D eigenvalue weighted by atomic mass is 32.2. The van der Waals surface area contributed by atoms with E-state index in [0.717, 1.165) is 43.7 Å². The summed E-state index contributed by atoms with van der Waals surface area (Å²) in [5.74, 6) is 2.00. The molecule has 0 aromatic rings. The van der Waals surface area contributed by atoms with Crippen molar-refractivity contribution in [1.82, 2.24) is 13.9 Å². The number of hydrogen-bond donors (Lipinski definition) is 1. The van der Waals surface area contributed by atoms with E-state index in [1.165, 1.54) is 0 Å². The highest BCUT2D eigenvalue weighted by molar-refractivity contribution is 7.99. The molecule has 0 spiro atoms. The van der Waals surface area contributed by atoms with Crippen molar-refractivity contribution in [2.45, 2.75) is 31.7 Å². The Kier molecular flexibility index (Phi) is 5.95. The Balaban J connectivity index is 2.11. The van der Waals surface area contributed by atoms with Crippen LogP contribution in [0.4, 0.5) is 0 Å². The van der Waals surface area contributed by atoms with Crippen LogP contribution in [0.15, 0.2) is 0 Å². The van der Waals surface area contributed by atoms with Crippen molar-refractivity contribution in [3.8, 4) is 0 Å². The van der Waals surface area contributed by atoms with Crippen LogP contribution in [0.25, 0.3) is 0 Å². The molecule has 1 N–H and O–H groups in total. The van der Waals surface area contributed by atoms with Gasteiger partial charge in [-0.2, -0.15) is 28.8 Å². The van der Waals surface area contributed by atoms with E-state index in [1.54, 1.807) is 8.61 Å². The van der Waals surface area contributed by atoms with Crippen LogP contribution in [0, 0.1) is 0 Å². The van der Waals surface area contributed by atoms with Crippen LogP contribution >= 0.6 is 11.8 Å². The number of nitrogens with one attached hydrogen (secondary N) is 1. The van der Waals surface area contributed by atoms with Gasteiger partial charge in [0, 0.05) is 38.0 Å². The van der Waals surface area contributed by atoms with Gasteiger partial charge in [-0.15, -0.1) is 0 Å². The first kappa shape index (κ1) is 15.6. The summed E-state index contributed by atoms with van der Waals surface area (Å²) in [6.45, 7) is 2.77. The summed E-state index contributed by atoms with van der Waals surface area (Å²) in [5.41, 5.74) is 0. The van der Waals surface area contributed by atoms with Gasteiger partial charge < -0.3 is 5.32 Å². The zero-order chi connectivity index (χ0) is 13.7. The molecule has 19 heavy (non-hydrogen) atoms. The fourth-order valence-corrected chi connectivity index (χ4v) is 5.72. The number of thioether (sulfide) groups is 1. The van der Waals surface area contributed by atoms with Gasteiger partial charge in [-0.25, -0.2) is 0 Å². The molecule has 1 unspecified atom stereocenters. The van der Waals surface area contributed by atoms with E-state index in [9.17, 15) is 8.42 Å². The second-order valence-corrected chi connectivity index (χ2v) is 8.30. The predicted octanol–water partition coefficient (Wildman–Crippen LogP) is 0.744. The Morgan fingerprint density at radius 2 is 2.00 bits per heavy atom. The first-order chi connectivity index (χ1) is 9.16. The molecule has 0 aromatic heterocycles. The lowest BCUT2D eigenvalue weighted by atomic mass is 10.1. The van der Waals surface area contributed by atoms with E-state index in [4.69, 9.17) is 0 Å². The lowest BCUT2D eigenvalue weighted by molar-refractivity contribution is 0.230. The van der Waals surface area contributed by atoms with Gasteiger partial charge in [-0.1, -0.05) is 6.42 Å². The van der Waals surface area contributed by atoms with Gasteiger partial charge in [0.25, 0.3) is 10.2 Å². The molecule has 0 radical (unpaired) electrons. The van der Waals surface area contributed by atoms with Crippen molar-refractivity contribution in [1.29, 1.82) is 0 Å². The minimum absolute atomic E-state index is 0.125. The maximum Gasteiger partial charge on any atom is 0.282 e. The van der Waals surface area contributed by atoms with Gasteiger partial charge >= 0.3 is 0 Å². The van der Waals surface area contributed by atoms with Gasteiger partial charge in [0.2, 0.25) is 0 Å². The molecule has 2 aliphatic rings. The summed E-state index contributed by atoms with van der Waals surface area (Å²) in [4.78, 5) is 0. The lowest BCUT2D eigenvalue weighted by Crippen LogP contribution is -2.53. The normalized spacial score (nSPS) is 28.2. The van der Waals surface area contributed by atoms with Crippen LogP contribution < -0.4 is 5.32 Å². The fraction of sp³-hybridized carbons (Fsp3) is 1.00. The zero-order valence-corrected chi connectivity index (χ0v) is 13.3. The maximum absolute atomic E-state index is 12.8. The molecule has 2 fully saturated rings. The summed E-state index contributed by atoms with van der Waals surface area (Å²) in [5, 5.41) is 3.13. The standard InChI is InChI=1S/C12H25N3O2S2/c1-13-11-12-5-2-3-7-15(12)19(16,17)14-6-4-9-18-10-8-14/h12-13H,2-11H2,1H3. The van der Waals surface area contributed by atoms with Gasteiger partial charge in [0.05, 0.1) is 0 Å². The van der Waals surface area contributed by atoms with Crippen molar-refractivity contribution in [2.75, 3.05) is 44.7 Å². The van der Waals surface area contributed by atoms with Crippen LogP contribution in [0.2, 0.25) is 0 Å². The Labute approximate surface area is 121 Å². The largest absolute Gasteiger partial charge is 0.318 e. The Morgan fingerprint density at radius 3 is 2.79 bits per heavy atom. The maximum atomic E-state index is 12.8. The lowest BCUT2D eigenvalue weighted by Gasteiger charge is -2.37. The van der Waals surface area contributed by atoms with Crippen molar-refractivity contribution >= 4 is 22.0 Å². The summed E-state index contributed by atoms with van der Waals surface area (Å²) >= 11 is 1.86. The quantitative estimate of drug-likeness (QED) is 0.832. The third kappa shape index (κ3) is 3.85. The van der Waals surface area contributed by atoms with Crippen molar-refractivity contribution in [3.05, 3.63) is 0 Å². The summed E-state index contributed by atoms with van der Waals surface area (Å²) in [6.07, 6.45) is 4.06. The second kappa shape index (κ2) is 7.26. The molecule has 0 bridgehead atoms. The molecule has 2 aliphatic heterocycles. The van der Waals surface area contributed by atoms with E-state index in [-0.39, 0.29) is 6.04 Å². The molecule has 112 valence electrons. The molecular weight excluding hydrogens is 282 g/mol. The van der Waals surface area contributed by atoms with Crippen LogP contribution in [-0.4, -0.2) is 67.8 Å². The van der Waals surface area contributed by atoms with E-state index < -0.39 is 10.2 Å². The summed E-state index contributed by atoms with van der Waals surface area (Å²) in [7, 11) is -1.38. The first-order valence-electron chi connectivity index (χ1n) is 7.15. The van der Waals surface area contributed by atoms with Crippen molar-refractivity contribution in [2.24, 2.45) is 0 Å². The van der Waals surface area contributed by atoms with Gasteiger partial charge in [-0.3, -0.25) is 0 Å². The van der Waals surface area contributed by atoms with E-state index in [1.807, 2.05) is 18.8 Å². The van der Waals surface area contributed by atoms with Crippen molar-refractivity contribution < 1.29 is 8.42 Å². The number of piperidine rings is 1. The summed E-state index contributed by atoms with van der Waals surface area (Å²) in [6, 6.07) is 0.125. The van der Waals surface area contributed by atoms with Crippen LogP contribution in [0.3, 0.4) is 0 Å². The minimum Gasteiger partial charge on any atom is -0.318 e. The predicted molar refractivity (Wildman–Crippen MR) is 80.7 cm³/mol. The molecule has 5 nitrogen and oxygen atoms in total. The molecule has 0 aromatic carbocycles. The summed E-state index contributed by atoms with van der Waals surface area (Å²) < 4.78 is 29.0. The highest BCUT2D eigenvalue weighted by Gasteiger charge is 2.36. The molecular formula is C12H25N3O2S2. The Hall–Kier alpha value is 0.180. The molecule has 2 heterocycles. The SMILES string of the molecule is CNCC1CCCCN1S(=O)(=O)N1CCCSCC1. The van der Waals surface area contributed by atoms with Gasteiger partial charge in [0.15, 0.2) is 0 Å². The van der Waals surface area contributed by atoms with E-state index in [2.05, 4.69) is 5.32 Å². The smallest absolute Gasteiger partial charge is 0.282 e. The minimum atomic E-state index is -3.27. The molecule has 0 aliphatic carbocycles. The zero-order valence-electron chi connectivity index (χ0n) is 11.7. The second-order valence-electron chi connectivity index (χ2n) is 5.19. The van der Waals surface area contributed by atoms with Crippen LogP contribution in [0.5, 0.6) is 0 Å². The molecule has 0 saturated carbocycles. The highest BCUT2D eigenvalue weighted by Crippen LogP contribution is 2.24. The molecule has 0 amide bonds. The van der Waals surface area contributed by atoms with Gasteiger partial charge in [0.1, 0.15) is 0 Å². The molecule has 1 atom stereocenters. The van der Waals surface area contributed by atoms with E-state index >= 15 is 0 Å². The average molecular weight is 307 g/mol. The fourth-order valence-electron chi connectivity index (χ4n) is 2.82. The molecule has 7 heteroatoms. The monoisotopic (exact) mass is 307 g/mol. The third-order valence-electron chi connectivity index (χ3n) is 3.82. The van der Waals surface area contributed by atoms with Crippen LogP contribution in [0.1, 0.15) is 25.7 Å². The number of hydrogen-bond acceptors (Lipinski definition) is 4. The average Bonchev–Trinajstić information content (AvgIpc) is 2.69. The van der Waals surface area contributed by atoms with Crippen LogP contribution in [-0.2, 0) is 10.2 Å². The van der Waals surface area contributed by atoms with E-state index in [0.29, 0.717) is 19.6 Å².